The second-order valence-electron chi connectivity index (χ2n) is 5.64. The Morgan fingerprint density at radius 1 is 0.958 bits per heavy atom. The number of rotatable bonds is 2. The smallest absolute Gasteiger partial charge is 0.288 e. The van der Waals surface area contributed by atoms with Crippen molar-refractivity contribution in [3.63, 3.8) is 0 Å². The summed E-state index contributed by atoms with van der Waals surface area (Å²) in [5.41, 5.74) is -1.09. The summed E-state index contributed by atoms with van der Waals surface area (Å²) in [4.78, 5) is 4.16. The molecule has 1 heterocycles. The van der Waals surface area contributed by atoms with Gasteiger partial charge in [-0.3, -0.25) is 4.99 Å². The van der Waals surface area contributed by atoms with E-state index in [1.54, 1.807) is 30.3 Å². The highest BCUT2D eigenvalue weighted by molar-refractivity contribution is 6.48. The average molecular weight is 393 g/mol. The van der Waals surface area contributed by atoms with Crippen LogP contribution in [0.2, 0.25) is 15.1 Å². The topological polar surface area (TPSA) is 12.4 Å². The predicted octanol–water partition coefficient (Wildman–Crippen LogP) is 6.34. The second kappa shape index (κ2) is 6.25. The van der Waals surface area contributed by atoms with Gasteiger partial charge in [-0.05, 0) is 23.3 Å². The van der Waals surface area contributed by atoms with Crippen molar-refractivity contribution in [1.82, 2.24) is 0 Å². The monoisotopic (exact) mass is 391 g/mol. The molecule has 0 spiro atoms. The molecule has 2 aromatic rings. The quantitative estimate of drug-likeness (QED) is 0.529. The van der Waals surface area contributed by atoms with E-state index in [4.69, 9.17) is 34.8 Å². The van der Waals surface area contributed by atoms with E-state index >= 15 is 0 Å². The first-order chi connectivity index (χ1) is 11.2. The maximum absolute atomic E-state index is 14.0. The molecule has 0 saturated carbocycles. The summed E-state index contributed by atoms with van der Waals surface area (Å²) >= 11 is 17.8. The first-order valence-corrected chi connectivity index (χ1v) is 8.18. The van der Waals surface area contributed by atoms with Gasteiger partial charge in [0.25, 0.3) is 0 Å². The molecule has 0 aliphatic carbocycles. The Morgan fingerprint density at radius 3 is 2.08 bits per heavy atom. The normalized spacial score (nSPS) is 21.0. The molecule has 1 aliphatic heterocycles. The molecule has 0 radical (unpaired) electrons. The van der Waals surface area contributed by atoms with Gasteiger partial charge in [-0.25, -0.2) is 0 Å². The fourth-order valence-electron chi connectivity index (χ4n) is 2.83. The van der Waals surface area contributed by atoms with Gasteiger partial charge in [-0.15, -0.1) is 0 Å². The number of nitrogens with zero attached hydrogens (tertiary/aromatic N) is 1. The zero-order valence-electron chi connectivity index (χ0n) is 12.2. The molecule has 2 aromatic carbocycles. The fraction of sp³-hybridized carbons (Fsp3) is 0.235. The van der Waals surface area contributed by atoms with Gasteiger partial charge in [-0.1, -0.05) is 65.1 Å². The highest BCUT2D eigenvalue weighted by Crippen LogP contribution is 2.49. The molecule has 0 N–H and O–H groups in total. The molecule has 1 aliphatic rings. The average Bonchev–Trinajstić information content (AvgIpc) is 2.99. The Bertz CT molecular complexity index is 779. The van der Waals surface area contributed by atoms with Crippen molar-refractivity contribution >= 4 is 40.5 Å². The lowest BCUT2D eigenvalue weighted by Crippen LogP contribution is -2.43. The minimum Gasteiger partial charge on any atom is -0.288 e. The Labute approximate surface area is 152 Å². The van der Waals surface area contributed by atoms with Crippen molar-refractivity contribution in [2.75, 3.05) is 6.54 Å². The SMILES string of the molecule is FC(F)(F)C1(c2cc(Cl)c(Cl)c(Cl)c2)CN=C(c2ccccc2)C1. The molecule has 3 rings (SSSR count). The highest BCUT2D eigenvalue weighted by atomic mass is 35.5. The predicted molar refractivity (Wildman–Crippen MR) is 91.7 cm³/mol. The standard InChI is InChI=1S/C17H11Cl3F3N/c18-12-6-11(7-13(19)15(12)20)16(17(21,22)23)8-14(24-9-16)10-4-2-1-3-5-10/h1-7H,8-9H2. The summed E-state index contributed by atoms with van der Waals surface area (Å²) in [7, 11) is 0. The molecule has 24 heavy (non-hydrogen) atoms. The van der Waals surface area contributed by atoms with E-state index in [0.29, 0.717) is 11.3 Å². The summed E-state index contributed by atoms with van der Waals surface area (Å²) in [6.45, 7) is -0.408. The van der Waals surface area contributed by atoms with Gasteiger partial charge < -0.3 is 0 Å². The van der Waals surface area contributed by atoms with Gasteiger partial charge in [0.05, 0.1) is 21.6 Å². The van der Waals surface area contributed by atoms with E-state index in [1.807, 2.05) is 0 Å². The van der Waals surface area contributed by atoms with Crippen LogP contribution in [0.15, 0.2) is 47.5 Å². The van der Waals surface area contributed by atoms with E-state index in [2.05, 4.69) is 4.99 Å². The van der Waals surface area contributed by atoms with Gasteiger partial charge in [0, 0.05) is 12.1 Å². The number of hydrogen-bond donors (Lipinski definition) is 0. The molecule has 126 valence electrons. The van der Waals surface area contributed by atoms with Crippen LogP contribution < -0.4 is 0 Å². The Kier molecular flexibility index (Phi) is 4.58. The molecule has 1 nitrogen and oxygen atoms in total. The van der Waals surface area contributed by atoms with Crippen LogP contribution in [0.25, 0.3) is 0 Å². The first-order valence-electron chi connectivity index (χ1n) is 7.05. The molecule has 1 unspecified atom stereocenters. The summed E-state index contributed by atoms with van der Waals surface area (Å²) < 4.78 is 41.9. The van der Waals surface area contributed by atoms with Crippen molar-refractivity contribution in [3.05, 3.63) is 68.7 Å². The van der Waals surface area contributed by atoms with Crippen LogP contribution in [0.3, 0.4) is 0 Å². The third-order valence-corrected chi connectivity index (χ3v) is 5.39. The molecule has 0 fully saturated rings. The summed E-state index contributed by atoms with van der Waals surface area (Å²) in [6, 6.07) is 11.3. The molecule has 7 heteroatoms. The van der Waals surface area contributed by atoms with Gasteiger partial charge in [0.1, 0.15) is 5.41 Å². The minimum absolute atomic E-state index is 0.00375. The van der Waals surface area contributed by atoms with Crippen LogP contribution in [0.1, 0.15) is 17.5 Å². The van der Waals surface area contributed by atoms with Crippen molar-refractivity contribution < 1.29 is 13.2 Å². The Morgan fingerprint density at radius 2 is 1.54 bits per heavy atom. The van der Waals surface area contributed by atoms with Crippen molar-refractivity contribution in [1.29, 1.82) is 0 Å². The highest BCUT2D eigenvalue weighted by Gasteiger charge is 2.58. The van der Waals surface area contributed by atoms with Crippen LogP contribution in [-0.2, 0) is 5.41 Å². The summed E-state index contributed by atoms with van der Waals surface area (Å²) in [5, 5.41) is 0.0357. The third kappa shape index (κ3) is 2.92. The number of benzene rings is 2. The molecular formula is C17H11Cl3F3N. The molecular weight excluding hydrogens is 382 g/mol. The van der Waals surface area contributed by atoms with Gasteiger partial charge in [0.15, 0.2) is 0 Å². The molecule has 0 saturated heterocycles. The van der Waals surface area contributed by atoms with E-state index in [0.717, 1.165) is 0 Å². The van der Waals surface area contributed by atoms with E-state index in [9.17, 15) is 13.2 Å². The molecule has 0 amide bonds. The maximum Gasteiger partial charge on any atom is 0.400 e. The number of hydrogen-bond acceptors (Lipinski definition) is 1. The lowest BCUT2D eigenvalue weighted by atomic mass is 9.76. The second-order valence-corrected chi connectivity index (χ2v) is 6.83. The van der Waals surface area contributed by atoms with Gasteiger partial charge in [-0.2, -0.15) is 13.2 Å². The first kappa shape index (κ1) is 17.6. The number of aliphatic imine (C=N–C) groups is 1. The van der Waals surface area contributed by atoms with E-state index in [-0.39, 0.29) is 27.1 Å². The fourth-order valence-corrected chi connectivity index (χ4v) is 3.43. The number of halogens is 6. The Hall–Kier alpha value is -1.23. The molecule has 0 bridgehead atoms. The number of alkyl halides is 3. The molecule has 1 atom stereocenters. The minimum atomic E-state index is -4.51. The maximum atomic E-state index is 14.0. The van der Waals surface area contributed by atoms with Gasteiger partial charge >= 0.3 is 6.18 Å². The van der Waals surface area contributed by atoms with Crippen LogP contribution in [-0.4, -0.2) is 18.4 Å². The zero-order chi connectivity index (χ0) is 17.5. The lowest BCUT2D eigenvalue weighted by Gasteiger charge is -2.32. The lowest BCUT2D eigenvalue weighted by molar-refractivity contribution is -0.183. The Balaban J connectivity index is 2.07. The van der Waals surface area contributed by atoms with Crippen LogP contribution >= 0.6 is 34.8 Å². The largest absolute Gasteiger partial charge is 0.400 e. The van der Waals surface area contributed by atoms with Crippen molar-refractivity contribution in [3.8, 4) is 0 Å². The van der Waals surface area contributed by atoms with E-state index < -0.39 is 18.1 Å². The summed E-state index contributed by atoms with van der Waals surface area (Å²) in [6.07, 6.45) is -4.78. The van der Waals surface area contributed by atoms with Gasteiger partial charge in [0.2, 0.25) is 0 Å². The van der Waals surface area contributed by atoms with Crippen molar-refractivity contribution in [2.45, 2.75) is 18.0 Å². The zero-order valence-corrected chi connectivity index (χ0v) is 14.4. The third-order valence-electron chi connectivity index (χ3n) is 4.20. The molecule has 0 aromatic heterocycles. The van der Waals surface area contributed by atoms with E-state index in [1.165, 1.54) is 12.1 Å². The van der Waals surface area contributed by atoms with Crippen LogP contribution in [0, 0.1) is 0 Å². The van der Waals surface area contributed by atoms with Crippen LogP contribution in [0.4, 0.5) is 13.2 Å². The van der Waals surface area contributed by atoms with Crippen molar-refractivity contribution in [2.24, 2.45) is 4.99 Å². The summed E-state index contributed by atoms with van der Waals surface area (Å²) in [5.74, 6) is 0. The van der Waals surface area contributed by atoms with Crippen LogP contribution in [0.5, 0.6) is 0 Å².